The maximum absolute atomic E-state index is 13.2. The maximum Gasteiger partial charge on any atom is 0.313 e. The van der Waals surface area contributed by atoms with Gasteiger partial charge in [-0.25, -0.2) is 0 Å². The fraction of sp³-hybridized carbons (Fsp3) is 0.545. The van der Waals surface area contributed by atoms with Crippen LogP contribution in [0.25, 0.3) is 5.57 Å². The average Bonchev–Trinajstić information content (AvgIpc) is 2.92. The molecule has 1 amide bonds. The van der Waals surface area contributed by atoms with Gasteiger partial charge in [0.25, 0.3) is 5.91 Å². The largest absolute Gasteiger partial charge is 0.496 e. The first-order chi connectivity index (χ1) is 13.7. The van der Waals surface area contributed by atoms with Crippen LogP contribution in [0, 0.1) is 12.8 Å². The summed E-state index contributed by atoms with van der Waals surface area (Å²) in [6.45, 7) is 5.43. The van der Waals surface area contributed by atoms with Gasteiger partial charge in [0, 0.05) is 7.11 Å². The molecule has 2 aliphatic rings. The lowest BCUT2D eigenvalue weighted by molar-refractivity contribution is -0.144. The van der Waals surface area contributed by atoms with E-state index in [1.54, 1.807) is 27.0 Å². The number of benzene rings is 1. The average molecular weight is 422 g/mol. The number of esters is 1. The lowest BCUT2D eigenvalue weighted by Crippen LogP contribution is -2.49. The van der Waals surface area contributed by atoms with Crippen LogP contribution in [0.5, 0.6) is 5.75 Å². The van der Waals surface area contributed by atoms with E-state index in [0.29, 0.717) is 34.9 Å². The van der Waals surface area contributed by atoms with Crippen molar-refractivity contribution < 1.29 is 23.8 Å². The van der Waals surface area contributed by atoms with E-state index in [2.05, 4.69) is 5.32 Å². The van der Waals surface area contributed by atoms with Gasteiger partial charge in [0.15, 0.2) is 0 Å². The molecule has 1 aromatic rings. The van der Waals surface area contributed by atoms with Crippen molar-refractivity contribution in [2.24, 2.45) is 5.92 Å². The summed E-state index contributed by atoms with van der Waals surface area (Å²) >= 11 is 6.54. The Kier molecular flexibility index (Phi) is 6.24. The number of hydrogen-bond acceptors (Lipinski definition) is 5. The fourth-order valence-corrected chi connectivity index (χ4v) is 4.42. The first-order valence-electron chi connectivity index (χ1n) is 9.88. The Morgan fingerprint density at radius 2 is 1.90 bits per heavy atom. The number of amides is 1. The molecule has 1 saturated carbocycles. The summed E-state index contributed by atoms with van der Waals surface area (Å²) in [5.41, 5.74) is 0.891. The Bertz CT molecular complexity index is 853. The van der Waals surface area contributed by atoms with Crippen LogP contribution in [0.2, 0.25) is 5.02 Å². The zero-order valence-corrected chi connectivity index (χ0v) is 18.3. The SMILES string of the molecule is COc1cc(C)cc(Cl)c1C1=C(OC(=O)C(C)C)C2(CCC(OC)CC2)NC1=O. The monoisotopic (exact) mass is 421 g/mol. The van der Waals surface area contributed by atoms with Crippen molar-refractivity contribution in [3.63, 3.8) is 0 Å². The van der Waals surface area contributed by atoms with E-state index in [1.165, 1.54) is 7.11 Å². The summed E-state index contributed by atoms with van der Waals surface area (Å²) in [6, 6.07) is 3.59. The molecule has 158 valence electrons. The molecule has 1 aromatic carbocycles. The molecule has 1 aliphatic heterocycles. The minimum atomic E-state index is -0.745. The highest BCUT2D eigenvalue weighted by Gasteiger charge is 2.50. The number of halogens is 1. The van der Waals surface area contributed by atoms with Gasteiger partial charge in [0.05, 0.1) is 40.8 Å². The summed E-state index contributed by atoms with van der Waals surface area (Å²) in [6.07, 6.45) is 2.87. The van der Waals surface area contributed by atoms with Gasteiger partial charge in [-0.2, -0.15) is 0 Å². The third-order valence-electron chi connectivity index (χ3n) is 5.70. The normalized spacial score (nSPS) is 24.2. The molecular formula is C22H28ClNO5. The maximum atomic E-state index is 13.2. The van der Waals surface area contributed by atoms with E-state index in [1.807, 2.05) is 13.0 Å². The van der Waals surface area contributed by atoms with Crippen LogP contribution >= 0.6 is 11.6 Å². The summed E-state index contributed by atoms with van der Waals surface area (Å²) in [5.74, 6) is -0.205. The Morgan fingerprint density at radius 1 is 1.24 bits per heavy atom. The predicted octanol–water partition coefficient (Wildman–Crippen LogP) is 4.02. The molecule has 1 spiro atoms. The van der Waals surface area contributed by atoms with Crippen LogP contribution in [0.15, 0.2) is 17.9 Å². The van der Waals surface area contributed by atoms with E-state index < -0.39 is 5.54 Å². The first-order valence-corrected chi connectivity index (χ1v) is 10.3. The van der Waals surface area contributed by atoms with Crippen molar-refractivity contribution in [3.05, 3.63) is 34.0 Å². The van der Waals surface area contributed by atoms with Crippen LogP contribution in [-0.4, -0.2) is 37.7 Å². The van der Waals surface area contributed by atoms with E-state index in [-0.39, 0.29) is 29.5 Å². The quantitative estimate of drug-likeness (QED) is 0.726. The molecule has 0 aromatic heterocycles. The molecule has 1 N–H and O–H groups in total. The van der Waals surface area contributed by atoms with Crippen LogP contribution in [0.1, 0.15) is 50.7 Å². The summed E-state index contributed by atoms with van der Waals surface area (Å²) in [4.78, 5) is 25.7. The van der Waals surface area contributed by atoms with Gasteiger partial charge in [0.2, 0.25) is 0 Å². The number of hydrogen-bond donors (Lipinski definition) is 1. The number of carbonyl (C=O) groups is 2. The smallest absolute Gasteiger partial charge is 0.313 e. The highest BCUT2D eigenvalue weighted by atomic mass is 35.5. The molecule has 0 bridgehead atoms. The highest BCUT2D eigenvalue weighted by Crippen LogP contribution is 2.47. The van der Waals surface area contributed by atoms with Crippen molar-refractivity contribution in [3.8, 4) is 5.75 Å². The van der Waals surface area contributed by atoms with Crippen molar-refractivity contribution in [2.45, 2.75) is 58.1 Å². The molecule has 0 radical (unpaired) electrons. The molecule has 0 atom stereocenters. The zero-order chi connectivity index (χ0) is 21.3. The molecule has 1 fully saturated rings. The molecule has 6 nitrogen and oxygen atoms in total. The summed E-state index contributed by atoms with van der Waals surface area (Å²) in [7, 11) is 3.22. The molecule has 7 heteroatoms. The molecule has 3 rings (SSSR count). The van der Waals surface area contributed by atoms with Gasteiger partial charge in [0.1, 0.15) is 11.5 Å². The van der Waals surface area contributed by atoms with Crippen LogP contribution in [0.3, 0.4) is 0 Å². The molecular weight excluding hydrogens is 394 g/mol. The number of methoxy groups -OCH3 is 2. The Morgan fingerprint density at radius 3 is 2.45 bits per heavy atom. The van der Waals surface area contributed by atoms with Crippen LogP contribution < -0.4 is 10.1 Å². The van der Waals surface area contributed by atoms with E-state index in [0.717, 1.165) is 18.4 Å². The first kappa shape index (κ1) is 21.7. The number of ether oxygens (including phenoxy) is 3. The number of rotatable bonds is 5. The van der Waals surface area contributed by atoms with Gasteiger partial charge in [-0.05, 0) is 50.3 Å². The lowest BCUT2D eigenvalue weighted by atomic mass is 9.79. The minimum Gasteiger partial charge on any atom is -0.496 e. The van der Waals surface area contributed by atoms with Crippen molar-refractivity contribution in [2.75, 3.05) is 14.2 Å². The second kappa shape index (κ2) is 8.36. The van der Waals surface area contributed by atoms with Crippen molar-refractivity contribution in [1.82, 2.24) is 5.32 Å². The zero-order valence-electron chi connectivity index (χ0n) is 17.6. The van der Waals surface area contributed by atoms with Crippen molar-refractivity contribution in [1.29, 1.82) is 0 Å². The number of aryl methyl sites for hydroxylation is 1. The number of carbonyl (C=O) groups excluding carboxylic acids is 2. The second-order valence-corrected chi connectivity index (χ2v) is 8.48. The van der Waals surface area contributed by atoms with E-state index in [9.17, 15) is 9.59 Å². The molecule has 0 unspecified atom stereocenters. The Hall–Kier alpha value is -2.05. The topological polar surface area (TPSA) is 73.9 Å². The third kappa shape index (κ3) is 4.01. The minimum absolute atomic E-state index is 0.126. The Balaban J connectivity index is 2.18. The standard InChI is InChI=1S/C22H28ClNO5/c1-12(2)21(26)29-19-18(17-15(23)10-13(3)11-16(17)28-5)20(25)24-22(19)8-6-14(27-4)7-9-22/h10-12,14H,6-9H2,1-5H3,(H,24,25). The molecule has 1 heterocycles. The van der Waals surface area contributed by atoms with Gasteiger partial charge >= 0.3 is 5.97 Å². The van der Waals surface area contributed by atoms with Crippen molar-refractivity contribution >= 4 is 29.1 Å². The fourth-order valence-electron chi connectivity index (χ4n) is 4.06. The summed E-state index contributed by atoms with van der Waals surface area (Å²) < 4.78 is 16.9. The Labute approximate surface area is 176 Å². The van der Waals surface area contributed by atoms with Gasteiger partial charge < -0.3 is 19.5 Å². The van der Waals surface area contributed by atoms with Gasteiger partial charge in [-0.1, -0.05) is 25.4 Å². The van der Waals surface area contributed by atoms with Gasteiger partial charge in [-0.15, -0.1) is 0 Å². The van der Waals surface area contributed by atoms with E-state index in [4.69, 9.17) is 25.8 Å². The summed E-state index contributed by atoms with van der Waals surface area (Å²) in [5, 5.41) is 3.47. The number of nitrogens with one attached hydrogen (secondary N) is 1. The van der Waals surface area contributed by atoms with Crippen LogP contribution in [0.4, 0.5) is 0 Å². The van der Waals surface area contributed by atoms with Gasteiger partial charge in [-0.3, -0.25) is 9.59 Å². The molecule has 0 saturated heterocycles. The van der Waals surface area contributed by atoms with E-state index >= 15 is 0 Å². The molecule has 29 heavy (non-hydrogen) atoms. The van der Waals surface area contributed by atoms with Crippen LogP contribution in [-0.2, 0) is 19.1 Å². The predicted molar refractivity (Wildman–Crippen MR) is 111 cm³/mol. The third-order valence-corrected chi connectivity index (χ3v) is 6.00. The molecule has 1 aliphatic carbocycles. The highest BCUT2D eigenvalue weighted by molar-refractivity contribution is 6.36. The lowest BCUT2D eigenvalue weighted by Gasteiger charge is -2.38. The second-order valence-electron chi connectivity index (χ2n) is 8.08.